The maximum atomic E-state index is 14.1. The Balaban J connectivity index is 2.09. The van der Waals surface area contributed by atoms with E-state index in [0.29, 0.717) is 11.3 Å². The molecule has 1 aliphatic rings. The first kappa shape index (κ1) is 15.7. The highest BCUT2D eigenvalue weighted by atomic mass is 19.1. The second kappa shape index (κ2) is 7.39. The molecule has 0 saturated heterocycles. The topological polar surface area (TPSA) is 26.3 Å². The molecule has 0 radical (unpaired) electrons. The van der Waals surface area contributed by atoms with Gasteiger partial charge in [-0.05, 0) is 43.0 Å². The highest BCUT2D eigenvalue weighted by Crippen LogP contribution is 2.33. The summed E-state index contributed by atoms with van der Waals surface area (Å²) in [6, 6.07) is 4.80. The predicted octanol–water partition coefficient (Wildman–Crippen LogP) is 4.78. The normalized spacial score (nSPS) is 18.5. The first-order valence-corrected chi connectivity index (χ1v) is 7.74. The maximum Gasteiger partial charge on any atom is 0.159 e. The monoisotopic (exact) mass is 290 g/mol. The van der Waals surface area contributed by atoms with Gasteiger partial charge in [0.2, 0.25) is 0 Å². The zero-order valence-electron chi connectivity index (χ0n) is 12.8. The third-order valence-electron chi connectivity index (χ3n) is 4.16. The molecule has 0 N–H and O–H groups in total. The molecule has 0 heterocycles. The third-order valence-corrected chi connectivity index (χ3v) is 4.16. The van der Waals surface area contributed by atoms with Gasteiger partial charge in [0.15, 0.2) is 5.78 Å². The number of allylic oxidation sites excluding steroid dienone is 2. The van der Waals surface area contributed by atoms with Crippen LogP contribution in [0.25, 0.3) is 5.57 Å². The summed E-state index contributed by atoms with van der Waals surface area (Å²) in [7, 11) is 1.51. The standard InChI is InChI=1S/C18H23FO2/c1-3-4-5-6-13-7-8-14(11-18(13)20)16-10-9-15(21-2)12-17(16)19/h9-13H,3-8H2,1-2H3/t13-/m0/s1. The second-order valence-electron chi connectivity index (χ2n) is 5.65. The van der Waals surface area contributed by atoms with Gasteiger partial charge in [0.05, 0.1) is 7.11 Å². The molecule has 0 unspecified atom stereocenters. The molecule has 0 saturated carbocycles. The molecular weight excluding hydrogens is 267 g/mol. The zero-order valence-corrected chi connectivity index (χ0v) is 12.8. The first-order valence-electron chi connectivity index (χ1n) is 7.74. The summed E-state index contributed by atoms with van der Waals surface area (Å²) >= 11 is 0. The molecule has 0 amide bonds. The van der Waals surface area contributed by atoms with Gasteiger partial charge in [-0.15, -0.1) is 0 Å². The van der Waals surface area contributed by atoms with E-state index >= 15 is 0 Å². The van der Waals surface area contributed by atoms with E-state index in [1.54, 1.807) is 18.2 Å². The molecule has 2 nitrogen and oxygen atoms in total. The fraction of sp³-hybridized carbons (Fsp3) is 0.500. The molecule has 21 heavy (non-hydrogen) atoms. The molecular formula is C18H23FO2. The lowest BCUT2D eigenvalue weighted by molar-refractivity contribution is -0.118. The van der Waals surface area contributed by atoms with Gasteiger partial charge in [-0.3, -0.25) is 4.79 Å². The Morgan fingerprint density at radius 1 is 1.33 bits per heavy atom. The number of ketones is 1. The van der Waals surface area contributed by atoms with Crippen LogP contribution in [0, 0.1) is 11.7 Å². The lowest BCUT2D eigenvalue weighted by Crippen LogP contribution is -2.17. The van der Waals surface area contributed by atoms with E-state index in [2.05, 4.69) is 6.92 Å². The SMILES string of the molecule is CCCCC[C@H]1CCC(c2ccc(OC)cc2F)=CC1=O. The summed E-state index contributed by atoms with van der Waals surface area (Å²) in [5, 5.41) is 0. The molecule has 3 heteroatoms. The Morgan fingerprint density at radius 2 is 2.14 bits per heavy atom. The Hall–Kier alpha value is -1.64. The van der Waals surface area contributed by atoms with Crippen LogP contribution in [0.2, 0.25) is 0 Å². The number of carbonyl (C=O) groups excluding carboxylic acids is 1. The van der Waals surface area contributed by atoms with E-state index in [-0.39, 0.29) is 17.5 Å². The van der Waals surface area contributed by atoms with E-state index in [9.17, 15) is 9.18 Å². The summed E-state index contributed by atoms with van der Waals surface area (Å²) in [5.41, 5.74) is 1.34. The average molecular weight is 290 g/mol. The largest absolute Gasteiger partial charge is 0.497 e. The quantitative estimate of drug-likeness (QED) is 0.705. The average Bonchev–Trinajstić information content (AvgIpc) is 2.49. The molecule has 1 aromatic rings. The van der Waals surface area contributed by atoms with Crippen LogP contribution < -0.4 is 4.74 Å². The molecule has 1 atom stereocenters. The lowest BCUT2D eigenvalue weighted by atomic mass is 9.83. The predicted molar refractivity (Wildman–Crippen MR) is 82.8 cm³/mol. The number of unbranched alkanes of at least 4 members (excludes halogenated alkanes) is 2. The van der Waals surface area contributed by atoms with Crippen molar-refractivity contribution >= 4 is 11.4 Å². The molecule has 2 rings (SSSR count). The van der Waals surface area contributed by atoms with E-state index < -0.39 is 0 Å². The molecule has 0 aromatic heterocycles. The van der Waals surface area contributed by atoms with Gasteiger partial charge < -0.3 is 4.74 Å². The van der Waals surface area contributed by atoms with Crippen molar-refractivity contribution in [1.82, 2.24) is 0 Å². The molecule has 114 valence electrons. The summed E-state index contributed by atoms with van der Waals surface area (Å²) in [6.45, 7) is 2.16. The van der Waals surface area contributed by atoms with Gasteiger partial charge in [0, 0.05) is 17.5 Å². The van der Waals surface area contributed by atoms with Crippen LogP contribution in [0.5, 0.6) is 5.75 Å². The van der Waals surface area contributed by atoms with Crippen LogP contribution >= 0.6 is 0 Å². The van der Waals surface area contributed by atoms with E-state index in [1.807, 2.05) is 0 Å². The van der Waals surface area contributed by atoms with Crippen molar-refractivity contribution in [2.24, 2.45) is 5.92 Å². The van der Waals surface area contributed by atoms with E-state index in [1.165, 1.54) is 26.0 Å². The second-order valence-corrected chi connectivity index (χ2v) is 5.65. The van der Waals surface area contributed by atoms with Crippen LogP contribution in [-0.2, 0) is 4.79 Å². The number of rotatable bonds is 6. The number of halogens is 1. The highest BCUT2D eigenvalue weighted by Gasteiger charge is 2.23. The van der Waals surface area contributed by atoms with Crippen molar-refractivity contribution in [3.8, 4) is 5.75 Å². The number of hydrogen-bond acceptors (Lipinski definition) is 2. The van der Waals surface area contributed by atoms with Crippen LogP contribution in [0.4, 0.5) is 4.39 Å². The number of carbonyl (C=O) groups is 1. The van der Waals surface area contributed by atoms with Crippen molar-refractivity contribution in [1.29, 1.82) is 0 Å². The van der Waals surface area contributed by atoms with Gasteiger partial charge in [-0.25, -0.2) is 4.39 Å². The highest BCUT2D eigenvalue weighted by molar-refractivity contribution is 6.00. The van der Waals surface area contributed by atoms with Crippen LogP contribution in [0.1, 0.15) is 51.0 Å². The smallest absolute Gasteiger partial charge is 0.159 e. The Kier molecular flexibility index (Phi) is 5.54. The molecule has 0 aliphatic heterocycles. The van der Waals surface area contributed by atoms with Crippen molar-refractivity contribution in [2.45, 2.75) is 45.4 Å². The van der Waals surface area contributed by atoms with Gasteiger partial charge >= 0.3 is 0 Å². The summed E-state index contributed by atoms with van der Waals surface area (Å²) in [6.07, 6.45) is 7.65. The van der Waals surface area contributed by atoms with Gasteiger partial charge in [-0.1, -0.05) is 26.2 Å². The van der Waals surface area contributed by atoms with Crippen molar-refractivity contribution in [3.05, 3.63) is 35.7 Å². The number of benzene rings is 1. The van der Waals surface area contributed by atoms with E-state index in [0.717, 1.165) is 31.3 Å². The third kappa shape index (κ3) is 3.93. The Morgan fingerprint density at radius 3 is 2.76 bits per heavy atom. The minimum Gasteiger partial charge on any atom is -0.497 e. The molecule has 1 aromatic carbocycles. The van der Waals surface area contributed by atoms with Gasteiger partial charge in [0.1, 0.15) is 11.6 Å². The first-order chi connectivity index (χ1) is 10.2. The number of methoxy groups -OCH3 is 1. The zero-order chi connectivity index (χ0) is 15.2. The summed E-state index contributed by atoms with van der Waals surface area (Å²) < 4.78 is 19.1. The number of ether oxygens (including phenoxy) is 1. The molecule has 1 aliphatic carbocycles. The van der Waals surface area contributed by atoms with Crippen molar-refractivity contribution in [3.63, 3.8) is 0 Å². The number of hydrogen-bond donors (Lipinski definition) is 0. The van der Waals surface area contributed by atoms with Gasteiger partial charge in [-0.2, -0.15) is 0 Å². The van der Waals surface area contributed by atoms with Crippen LogP contribution in [-0.4, -0.2) is 12.9 Å². The molecule has 0 fully saturated rings. The van der Waals surface area contributed by atoms with Gasteiger partial charge in [0.25, 0.3) is 0 Å². The summed E-state index contributed by atoms with van der Waals surface area (Å²) in [5.74, 6) is 0.457. The lowest BCUT2D eigenvalue weighted by Gasteiger charge is -2.21. The Labute approximate surface area is 126 Å². The van der Waals surface area contributed by atoms with Crippen LogP contribution in [0.3, 0.4) is 0 Å². The van der Waals surface area contributed by atoms with Crippen LogP contribution in [0.15, 0.2) is 24.3 Å². The minimum atomic E-state index is -0.321. The Bertz CT molecular complexity index is 534. The van der Waals surface area contributed by atoms with E-state index in [4.69, 9.17) is 4.74 Å². The fourth-order valence-corrected chi connectivity index (χ4v) is 2.86. The van der Waals surface area contributed by atoms with Crippen molar-refractivity contribution < 1.29 is 13.9 Å². The maximum absolute atomic E-state index is 14.1. The molecule has 0 spiro atoms. The summed E-state index contributed by atoms with van der Waals surface area (Å²) in [4.78, 5) is 12.2. The fourth-order valence-electron chi connectivity index (χ4n) is 2.86. The molecule has 0 bridgehead atoms. The minimum absolute atomic E-state index is 0.126. The van der Waals surface area contributed by atoms with Crippen molar-refractivity contribution in [2.75, 3.05) is 7.11 Å².